The number of nitrogens with one attached hydrogen (secondary N) is 1. The summed E-state index contributed by atoms with van der Waals surface area (Å²) in [7, 11) is 0. The third-order valence-corrected chi connectivity index (χ3v) is 2.44. The average Bonchev–Trinajstić information content (AvgIpc) is 2.69. The van der Waals surface area contributed by atoms with Crippen LogP contribution in [0.5, 0.6) is 0 Å². The van der Waals surface area contributed by atoms with Crippen LogP contribution in [-0.2, 0) is 4.79 Å². The van der Waals surface area contributed by atoms with Gasteiger partial charge in [0.25, 0.3) is 0 Å². The normalized spacial score (nSPS) is 17.6. The van der Waals surface area contributed by atoms with Crippen molar-refractivity contribution in [3.05, 3.63) is 0 Å². The fourth-order valence-corrected chi connectivity index (χ4v) is 1.15. The Bertz CT molecular complexity index is 170. The molecule has 2 nitrogen and oxygen atoms in total. The van der Waals surface area contributed by atoms with Crippen molar-refractivity contribution in [2.24, 2.45) is 5.92 Å². The van der Waals surface area contributed by atoms with Crippen LogP contribution < -0.4 is 5.32 Å². The molecule has 1 aliphatic rings. The predicted molar refractivity (Wildman–Crippen MR) is 53.4 cm³/mol. The second-order valence-corrected chi connectivity index (χ2v) is 5.94. The summed E-state index contributed by atoms with van der Waals surface area (Å²) in [5.74, 6) is 0.979. The standard InChI is InChI=1S/C9H16BrNO/c1-9(2,10)8(12)11-6-5-7-3-4-7/h7H,3-6H2,1-2H3,(H,11,12). The van der Waals surface area contributed by atoms with Crippen LogP contribution in [0, 0.1) is 5.92 Å². The van der Waals surface area contributed by atoms with Crippen LogP contribution in [0.1, 0.15) is 33.1 Å². The van der Waals surface area contributed by atoms with Gasteiger partial charge in [0.1, 0.15) is 0 Å². The van der Waals surface area contributed by atoms with Gasteiger partial charge in [0.15, 0.2) is 0 Å². The van der Waals surface area contributed by atoms with Crippen molar-refractivity contribution in [3.8, 4) is 0 Å². The van der Waals surface area contributed by atoms with E-state index in [1.807, 2.05) is 13.8 Å². The molecule has 1 fully saturated rings. The third kappa shape index (κ3) is 3.57. The van der Waals surface area contributed by atoms with Crippen molar-refractivity contribution >= 4 is 21.8 Å². The first-order valence-electron chi connectivity index (χ1n) is 4.47. The molecule has 1 rings (SSSR count). The average molecular weight is 234 g/mol. The lowest BCUT2D eigenvalue weighted by Gasteiger charge is -2.15. The zero-order chi connectivity index (χ0) is 9.19. The number of carbonyl (C=O) groups is 1. The summed E-state index contributed by atoms with van der Waals surface area (Å²) in [6.07, 6.45) is 3.86. The molecule has 1 N–H and O–H groups in total. The van der Waals surface area contributed by atoms with Gasteiger partial charge in [-0.1, -0.05) is 28.8 Å². The smallest absolute Gasteiger partial charge is 0.236 e. The zero-order valence-corrected chi connectivity index (χ0v) is 9.28. The molecular formula is C9H16BrNO. The summed E-state index contributed by atoms with van der Waals surface area (Å²) in [4.78, 5) is 11.3. The molecular weight excluding hydrogens is 218 g/mol. The number of halogens is 1. The topological polar surface area (TPSA) is 29.1 Å². The summed E-state index contributed by atoms with van der Waals surface area (Å²) < 4.78 is -0.420. The minimum Gasteiger partial charge on any atom is -0.355 e. The monoisotopic (exact) mass is 233 g/mol. The molecule has 3 heteroatoms. The molecule has 0 radical (unpaired) electrons. The maximum Gasteiger partial charge on any atom is 0.236 e. The number of carbonyl (C=O) groups excluding carboxylic acids is 1. The lowest BCUT2D eigenvalue weighted by molar-refractivity contribution is -0.122. The molecule has 0 aromatic heterocycles. The molecule has 0 aliphatic heterocycles. The van der Waals surface area contributed by atoms with Gasteiger partial charge in [-0.05, 0) is 26.2 Å². The highest BCUT2D eigenvalue weighted by Crippen LogP contribution is 2.31. The number of alkyl halides is 1. The van der Waals surface area contributed by atoms with Gasteiger partial charge in [0.05, 0.1) is 4.32 Å². The van der Waals surface area contributed by atoms with E-state index in [1.165, 1.54) is 12.8 Å². The quantitative estimate of drug-likeness (QED) is 0.741. The SMILES string of the molecule is CC(C)(Br)C(=O)NCCC1CC1. The Kier molecular flexibility index (Phi) is 3.16. The highest BCUT2D eigenvalue weighted by Gasteiger charge is 2.24. The van der Waals surface area contributed by atoms with Gasteiger partial charge in [-0.25, -0.2) is 0 Å². The highest BCUT2D eigenvalue weighted by molar-refractivity contribution is 9.10. The predicted octanol–water partition coefficient (Wildman–Crippen LogP) is 2.08. The minimum atomic E-state index is -0.420. The lowest BCUT2D eigenvalue weighted by Crippen LogP contribution is -2.38. The molecule has 0 aromatic rings. The van der Waals surface area contributed by atoms with Crippen LogP contribution in [0.3, 0.4) is 0 Å². The Hall–Kier alpha value is -0.0500. The van der Waals surface area contributed by atoms with Crippen molar-refractivity contribution in [1.29, 1.82) is 0 Å². The van der Waals surface area contributed by atoms with Crippen LogP contribution in [-0.4, -0.2) is 16.8 Å². The van der Waals surface area contributed by atoms with E-state index in [2.05, 4.69) is 21.2 Å². The van der Waals surface area contributed by atoms with Crippen LogP contribution in [0.15, 0.2) is 0 Å². The molecule has 0 spiro atoms. The molecule has 1 saturated carbocycles. The largest absolute Gasteiger partial charge is 0.355 e. The van der Waals surface area contributed by atoms with E-state index >= 15 is 0 Å². The first-order valence-corrected chi connectivity index (χ1v) is 5.26. The zero-order valence-electron chi connectivity index (χ0n) is 7.69. The van der Waals surface area contributed by atoms with Crippen LogP contribution in [0.4, 0.5) is 0 Å². The van der Waals surface area contributed by atoms with E-state index in [1.54, 1.807) is 0 Å². The van der Waals surface area contributed by atoms with Gasteiger partial charge < -0.3 is 5.32 Å². The van der Waals surface area contributed by atoms with Crippen molar-refractivity contribution in [2.45, 2.75) is 37.4 Å². The molecule has 0 bridgehead atoms. The Morgan fingerprint density at radius 2 is 2.17 bits per heavy atom. The van der Waals surface area contributed by atoms with Gasteiger partial charge >= 0.3 is 0 Å². The van der Waals surface area contributed by atoms with Crippen molar-refractivity contribution in [2.75, 3.05) is 6.54 Å². The van der Waals surface area contributed by atoms with Gasteiger partial charge in [0, 0.05) is 6.54 Å². The van der Waals surface area contributed by atoms with Crippen LogP contribution >= 0.6 is 15.9 Å². The lowest BCUT2D eigenvalue weighted by atomic mass is 10.2. The maximum absolute atomic E-state index is 11.3. The third-order valence-electron chi connectivity index (χ3n) is 2.08. The molecule has 1 aliphatic carbocycles. The summed E-state index contributed by atoms with van der Waals surface area (Å²) in [6.45, 7) is 4.55. The number of hydrogen-bond donors (Lipinski definition) is 1. The second kappa shape index (κ2) is 3.77. The molecule has 12 heavy (non-hydrogen) atoms. The van der Waals surface area contributed by atoms with Gasteiger partial charge in [-0.2, -0.15) is 0 Å². The molecule has 1 amide bonds. The van der Waals surface area contributed by atoms with Crippen LogP contribution in [0.25, 0.3) is 0 Å². The maximum atomic E-state index is 11.3. The Labute approximate surface area is 82.2 Å². The van der Waals surface area contributed by atoms with E-state index in [9.17, 15) is 4.79 Å². The summed E-state index contributed by atoms with van der Waals surface area (Å²) >= 11 is 3.31. The first kappa shape index (κ1) is 10.0. The Morgan fingerprint density at radius 3 is 2.58 bits per heavy atom. The Balaban J connectivity index is 2.08. The summed E-state index contributed by atoms with van der Waals surface area (Å²) in [5.41, 5.74) is 0. The fraction of sp³-hybridized carbons (Fsp3) is 0.889. The van der Waals surface area contributed by atoms with E-state index in [0.717, 1.165) is 18.9 Å². The first-order chi connectivity index (χ1) is 5.50. The second-order valence-electron chi connectivity index (χ2n) is 3.96. The highest BCUT2D eigenvalue weighted by atomic mass is 79.9. The van der Waals surface area contributed by atoms with E-state index in [0.29, 0.717) is 0 Å². The summed E-state index contributed by atoms with van der Waals surface area (Å²) in [6, 6.07) is 0. The molecule has 0 aromatic carbocycles. The van der Waals surface area contributed by atoms with E-state index in [4.69, 9.17) is 0 Å². The molecule has 0 heterocycles. The number of amides is 1. The van der Waals surface area contributed by atoms with E-state index < -0.39 is 4.32 Å². The Morgan fingerprint density at radius 1 is 1.58 bits per heavy atom. The number of hydrogen-bond acceptors (Lipinski definition) is 1. The molecule has 70 valence electrons. The summed E-state index contributed by atoms with van der Waals surface area (Å²) in [5, 5.41) is 2.91. The van der Waals surface area contributed by atoms with Gasteiger partial charge in [-0.3, -0.25) is 4.79 Å². The van der Waals surface area contributed by atoms with Crippen molar-refractivity contribution in [3.63, 3.8) is 0 Å². The van der Waals surface area contributed by atoms with Gasteiger partial charge in [-0.15, -0.1) is 0 Å². The molecule has 0 saturated heterocycles. The fourth-order valence-electron chi connectivity index (χ4n) is 1.01. The molecule has 0 unspecified atom stereocenters. The van der Waals surface area contributed by atoms with Crippen LogP contribution in [0.2, 0.25) is 0 Å². The van der Waals surface area contributed by atoms with Crippen molar-refractivity contribution < 1.29 is 4.79 Å². The van der Waals surface area contributed by atoms with Gasteiger partial charge in [0.2, 0.25) is 5.91 Å². The number of rotatable bonds is 4. The minimum absolute atomic E-state index is 0.0863. The van der Waals surface area contributed by atoms with E-state index in [-0.39, 0.29) is 5.91 Å². The van der Waals surface area contributed by atoms with Crippen molar-refractivity contribution in [1.82, 2.24) is 5.32 Å². The molecule has 0 atom stereocenters.